The molecule has 0 saturated carbocycles. The first-order chi connectivity index (χ1) is 14.6. The number of carbonyl (C=O) groups excluding carboxylic acids is 3. The van der Waals surface area contributed by atoms with Gasteiger partial charge in [0, 0.05) is 18.3 Å². The second-order valence-corrected chi connectivity index (χ2v) is 9.80. The molecule has 0 saturated heterocycles. The molecule has 0 atom stereocenters. The average molecular weight is 466 g/mol. The zero-order valence-electron chi connectivity index (χ0n) is 16.9. The Morgan fingerprint density at radius 2 is 1.81 bits per heavy atom. The van der Waals surface area contributed by atoms with Gasteiger partial charge in [0.05, 0.1) is 10.5 Å². The number of amides is 2. The fraction of sp³-hybridized carbons (Fsp3) is 0.350. The van der Waals surface area contributed by atoms with E-state index in [9.17, 15) is 22.8 Å². The molecule has 1 aliphatic rings. The van der Waals surface area contributed by atoms with Crippen molar-refractivity contribution in [3.8, 4) is 0 Å². The van der Waals surface area contributed by atoms with Crippen molar-refractivity contribution in [1.29, 1.82) is 0 Å². The number of primary sulfonamides is 1. The van der Waals surface area contributed by atoms with E-state index in [2.05, 4.69) is 10.6 Å². The minimum absolute atomic E-state index is 0.0226. The molecule has 9 nitrogen and oxygen atoms in total. The lowest BCUT2D eigenvalue weighted by Gasteiger charge is -2.13. The Balaban J connectivity index is 1.59. The number of fused-ring (bicyclic) bond motifs is 1. The zero-order chi connectivity index (χ0) is 22.6. The Hall–Kier alpha value is -2.76. The first-order valence-corrected chi connectivity index (χ1v) is 12.0. The average Bonchev–Trinajstić information content (AvgIpc) is 3.07. The van der Waals surface area contributed by atoms with Crippen LogP contribution in [-0.4, -0.2) is 32.8 Å². The van der Waals surface area contributed by atoms with E-state index in [0.29, 0.717) is 16.1 Å². The molecule has 4 N–H and O–H groups in total. The summed E-state index contributed by atoms with van der Waals surface area (Å²) in [5, 5.41) is 10.8. The molecule has 3 rings (SSSR count). The van der Waals surface area contributed by atoms with Crippen molar-refractivity contribution < 1.29 is 27.5 Å². The Morgan fingerprint density at radius 3 is 2.45 bits per heavy atom. The fourth-order valence-corrected chi connectivity index (χ4v) is 5.12. The van der Waals surface area contributed by atoms with Gasteiger partial charge in [-0.05, 0) is 48.9 Å². The first-order valence-electron chi connectivity index (χ1n) is 9.63. The van der Waals surface area contributed by atoms with Gasteiger partial charge in [0.25, 0.3) is 5.91 Å². The lowest BCUT2D eigenvalue weighted by Crippen LogP contribution is -2.28. The minimum Gasteiger partial charge on any atom is -0.452 e. The monoisotopic (exact) mass is 465 g/mol. The second kappa shape index (κ2) is 9.58. The summed E-state index contributed by atoms with van der Waals surface area (Å²) in [5.74, 6) is -1.43. The molecule has 0 aliphatic heterocycles. The van der Waals surface area contributed by atoms with E-state index in [-0.39, 0.29) is 17.3 Å². The van der Waals surface area contributed by atoms with Crippen LogP contribution in [0.2, 0.25) is 0 Å². The predicted molar refractivity (Wildman–Crippen MR) is 115 cm³/mol. The zero-order valence-corrected chi connectivity index (χ0v) is 18.5. The van der Waals surface area contributed by atoms with Crippen molar-refractivity contribution in [3.63, 3.8) is 0 Å². The summed E-state index contributed by atoms with van der Waals surface area (Å²) >= 11 is 1.38. The molecule has 166 valence electrons. The lowest BCUT2D eigenvalue weighted by atomic mass is 9.95. The summed E-state index contributed by atoms with van der Waals surface area (Å²) in [7, 11) is -3.78. The van der Waals surface area contributed by atoms with E-state index < -0.39 is 28.5 Å². The van der Waals surface area contributed by atoms with Crippen LogP contribution in [0.3, 0.4) is 0 Å². The number of esters is 1. The summed E-state index contributed by atoms with van der Waals surface area (Å²) in [6, 6.07) is 5.76. The molecule has 0 unspecified atom stereocenters. The van der Waals surface area contributed by atoms with Crippen LogP contribution in [0.1, 0.15) is 46.1 Å². The van der Waals surface area contributed by atoms with E-state index in [1.807, 2.05) is 0 Å². The van der Waals surface area contributed by atoms with Crippen molar-refractivity contribution in [2.45, 2.75) is 44.0 Å². The summed E-state index contributed by atoms with van der Waals surface area (Å²) in [6.45, 7) is 1.03. The van der Waals surface area contributed by atoms with Crippen LogP contribution in [-0.2, 0) is 43.7 Å². The Bertz CT molecular complexity index is 1110. The van der Waals surface area contributed by atoms with Gasteiger partial charge in [0.15, 0.2) is 6.61 Å². The maximum atomic E-state index is 12.7. The predicted octanol–water partition coefficient (Wildman–Crippen LogP) is 1.71. The molecule has 0 bridgehead atoms. The summed E-state index contributed by atoms with van der Waals surface area (Å²) < 4.78 is 27.7. The molecule has 1 aromatic carbocycles. The molecule has 2 aromatic rings. The highest BCUT2D eigenvalue weighted by Crippen LogP contribution is 2.38. The van der Waals surface area contributed by atoms with Gasteiger partial charge in [-0.2, -0.15) is 0 Å². The second-order valence-electron chi connectivity index (χ2n) is 7.14. The first kappa shape index (κ1) is 22.9. The number of hydrogen-bond donors (Lipinski definition) is 3. The van der Waals surface area contributed by atoms with Crippen LogP contribution in [0.5, 0.6) is 0 Å². The summed E-state index contributed by atoms with van der Waals surface area (Å²) in [5.41, 5.74) is 1.88. The number of thiophene rings is 1. The molecule has 11 heteroatoms. The minimum atomic E-state index is -3.78. The smallest absolute Gasteiger partial charge is 0.341 e. The Morgan fingerprint density at radius 1 is 1.13 bits per heavy atom. The van der Waals surface area contributed by atoms with Gasteiger partial charge in [-0.1, -0.05) is 12.1 Å². The van der Waals surface area contributed by atoms with Gasteiger partial charge in [0.1, 0.15) is 5.00 Å². The SMILES string of the molecule is CC(=O)Nc1sc2c(c1C(=O)OCC(=O)NCc1ccc(S(N)(=O)=O)cc1)CCCC2. The van der Waals surface area contributed by atoms with Gasteiger partial charge >= 0.3 is 5.97 Å². The molecule has 0 fully saturated rings. The number of anilines is 1. The van der Waals surface area contributed by atoms with E-state index in [0.717, 1.165) is 36.1 Å². The number of nitrogens with two attached hydrogens (primary N) is 1. The van der Waals surface area contributed by atoms with Gasteiger partial charge < -0.3 is 15.4 Å². The van der Waals surface area contributed by atoms with E-state index >= 15 is 0 Å². The quantitative estimate of drug-likeness (QED) is 0.531. The normalized spacial score (nSPS) is 13.2. The highest BCUT2D eigenvalue weighted by molar-refractivity contribution is 7.89. The molecule has 2 amide bonds. The maximum Gasteiger partial charge on any atom is 0.341 e. The highest BCUT2D eigenvalue weighted by Gasteiger charge is 2.27. The van der Waals surface area contributed by atoms with Crippen molar-refractivity contribution in [2.75, 3.05) is 11.9 Å². The molecular weight excluding hydrogens is 442 g/mol. The van der Waals surface area contributed by atoms with Gasteiger partial charge in [-0.3, -0.25) is 9.59 Å². The highest BCUT2D eigenvalue weighted by atomic mass is 32.2. The molecular formula is C20H23N3O6S2. The fourth-order valence-electron chi connectivity index (χ4n) is 3.28. The molecule has 1 heterocycles. The van der Waals surface area contributed by atoms with Crippen molar-refractivity contribution >= 4 is 44.1 Å². The van der Waals surface area contributed by atoms with Crippen LogP contribution < -0.4 is 15.8 Å². The van der Waals surface area contributed by atoms with Crippen LogP contribution in [0.15, 0.2) is 29.2 Å². The summed E-state index contributed by atoms with van der Waals surface area (Å²) in [4.78, 5) is 37.3. The number of benzene rings is 1. The molecule has 1 aromatic heterocycles. The van der Waals surface area contributed by atoms with Crippen LogP contribution in [0.25, 0.3) is 0 Å². The number of rotatable bonds is 7. The molecule has 0 spiro atoms. The number of nitrogens with one attached hydrogen (secondary N) is 2. The van der Waals surface area contributed by atoms with E-state index in [1.54, 1.807) is 0 Å². The standard InChI is InChI=1S/C20H23N3O6S2/c1-12(24)23-19-18(15-4-2-3-5-16(15)30-19)20(26)29-11-17(25)22-10-13-6-8-14(9-7-13)31(21,27)28/h6-9H,2-5,10-11H2,1H3,(H,22,25)(H,23,24)(H2,21,27,28). The van der Waals surface area contributed by atoms with Gasteiger partial charge in [-0.15, -0.1) is 11.3 Å². The van der Waals surface area contributed by atoms with Crippen molar-refractivity contribution in [3.05, 3.63) is 45.8 Å². The number of sulfonamides is 1. The van der Waals surface area contributed by atoms with Crippen LogP contribution >= 0.6 is 11.3 Å². The maximum absolute atomic E-state index is 12.7. The van der Waals surface area contributed by atoms with Crippen molar-refractivity contribution in [1.82, 2.24) is 5.32 Å². The number of carbonyl (C=O) groups is 3. The Kier molecular flexibility index (Phi) is 7.08. The van der Waals surface area contributed by atoms with E-state index in [4.69, 9.17) is 9.88 Å². The number of hydrogen-bond acceptors (Lipinski definition) is 7. The van der Waals surface area contributed by atoms with Crippen molar-refractivity contribution in [2.24, 2.45) is 5.14 Å². The third-order valence-electron chi connectivity index (χ3n) is 4.74. The third kappa shape index (κ3) is 5.90. The van der Waals surface area contributed by atoms with Crippen LogP contribution in [0.4, 0.5) is 5.00 Å². The molecule has 31 heavy (non-hydrogen) atoms. The largest absolute Gasteiger partial charge is 0.452 e. The van der Waals surface area contributed by atoms with Gasteiger partial charge in [0.2, 0.25) is 15.9 Å². The molecule has 1 aliphatic carbocycles. The summed E-state index contributed by atoms with van der Waals surface area (Å²) in [6.07, 6.45) is 3.57. The number of ether oxygens (including phenoxy) is 1. The molecule has 0 radical (unpaired) electrons. The lowest BCUT2D eigenvalue weighted by molar-refractivity contribution is -0.124. The third-order valence-corrected chi connectivity index (χ3v) is 6.88. The van der Waals surface area contributed by atoms with E-state index in [1.165, 1.54) is 42.5 Å². The topological polar surface area (TPSA) is 145 Å². The number of aryl methyl sites for hydroxylation is 1. The van der Waals surface area contributed by atoms with Gasteiger partial charge in [-0.25, -0.2) is 18.4 Å². The Labute approximate surface area is 184 Å². The van der Waals surface area contributed by atoms with Crippen LogP contribution in [0, 0.1) is 0 Å².